The molecule has 3 aromatic rings. The number of H-pyrrole nitrogens is 1. The van der Waals surface area contributed by atoms with Gasteiger partial charge in [-0.15, -0.1) is 0 Å². The van der Waals surface area contributed by atoms with Crippen molar-refractivity contribution in [3.63, 3.8) is 0 Å². The van der Waals surface area contributed by atoms with E-state index < -0.39 is 0 Å². The monoisotopic (exact) mass is 282 g/mol. The number of nitrogens with zero attached hydrogens (tertiary/aromatic N) is 2. The SMILES string of the molecule is Cc1ccc2[nH]c(C(=O)NCCCn3ccnc3)cc2c1. The number of hydrogen-bond donors (Lipinski definition) is 2. The molecule has 0 atom stereocenters. The van der Waals surface area contributed by atoms with Gasteiger partial charge in [-0.05, 0) is 31.5 Å². The van der Waals surface area contributed by atoms with Gasteiger partial charge in [0.2, 0.25) is 0 Å². The molecule has 0 saturated carbocycles. The largest absolute Gasteiger partial charge is 0.351 e. The fraction of sp³-hybridized carbons (Fsp3) is 0.250. The minimum Gasteiger partial charge on any atom is -0.351 e. The van der Waals surface area contributed by atoms with E-state index in [4.69, 9.17) is 0 Å². The summed E-state index contributed by atoms with van der Waals surface area (Å²) >= 11 is 0. The third-order valence-electron chi connectivity index (χ3n) is 3.46. The Labute approximate surface area is 123 Å². The molecular formula is C16H18N4O. The topological polar surface area (TPSA) is 62.7 Å². The van der Waals surface area contributed by atoms with Crippen LogP contribution in [0.15, 0.2) is 43.0 Å². The van der Waals surface area contributed by atoms with E-state index in [-0.39, 0.29) is 5.91 Å². The van der Waals surface area contributed by atoms with E-state index in [0.29, 0.717) is 12.2 Å². The molecule has 2 N–H and O–H groups in total. The smallest absolute Gasteiger partial charge is 0.267 e. The van der Waals surface area contributed by atoms with Crippen LogP contribution in [0.25, 0.3) is 10.9 Å². The van der Waals surface area contributed by atoms with E-state index in [1.165, 1.54) is 5.56 Å². The van der Waals surface area contributed by atoms with E-state index in [1.807, 2.05) is 35.9 Å². The normalized spacial score (nSPS) is 10.9. The fourth-order valence-electron chi connectivity index (χ4n) is 2.35. The first kappa shape index (κ1) is 13.4. The Bertz CT molecular complexity index is 743. The summed E-state index contributed by atoms with van der Waals surface area (Å²) in [5.41, 5.74) is 2.79. The van der Waals surface area contributed by atoms with Crippen LogP contribution in [0.1, 0.15) is 22.5 Å². The van der Waals surface area contributed by atoms with Gasteiger partial charge in [0.15, 0.2) is 0 Å². The minimum atomic E-state index is -0.0607. The van der Waals surface area contributed by atoms with Crippen LogP contribution >= 0.6 is 0 Å². The van der Waals surface area contributed by atoms with Gasteiger partial charge in [0.25, 0.3) is 5.91 Å². The molecule has 0 fully saturated rings. The zero-order chi connectivity index (χ0) is 14.7. The van der Waals surface area contributed by atoms with Crippen molar-refractivity contribution in [2.45, 2.75) is 19.9 Å². The van der Waals surface area contributed by atoms with Gasteiger partial charge in [0.05, 0.1) is 6.33 Å². The van der Waals surface area contributed by atoms with Gasteiger partial charge in [-0.3, -0.25) is 4.79 Å². The highest BCUT2D eigenvalue weighted by Gasteiger charge is 2.08. The Kier molecular flexibility index (Phi) is 3.73. The Morgan fingerprint density at radius 3 is 3.10 bits per heavy atom. The van der Waals surface area contributed by atoms with Crippen molar-refractivity contribution >= 4 is 16.8 Å². The summed E-state index contributed by atoms with van der Waals surface area (Å²) < 4.78 is 2.00. The summed E-state index contributed by atoms with van der Waals surface area (Å²) in [6, 6.07) is 8.00. The highest BCUT2D eigenvalue weighted by atomic mass is 16.1. The Morgan fingerprint density at radius 1 is 1.38 bits per heavy atom. The van der Waals surface area contributed by atoms with Crippen molar-refractivity contribution in [3.05, 3.63) is 54.2 Å². The summed E-state index contributed by atoms with van der Waals surface area (Å²) in [7, 11) is 0. The van der Waals surface area contributed by atoms with Crippen LogP contribution in [0.5, 0.6) is 0 Å². The zero-order valence-electron chi connectivity index (χ0n) is 12.0. The van der Waals surface area contributed by atoms with E-state index in [2.05, 4.69) is 21.4 Å². The summed E-state index contributed by atoms with van der Waals surface area (Å²) in [4.78, 5) is 19.2. The highest BCUT2D eigenvalue weighted by molar-refractivity contribution is 5.98. The van der Waals surface area contributed by atoms with Gasteiger partial charge in [-0.1, -0.05) is 11.6 Å². The molecule has 21 heavy (non-hydrogen) atoms. The molecule has 0 spiro atoms. The first-order chi connectivity index (χ1) is 10.2. The molecule has 1 aromatic carbocycles. The molecule has 5 heteroatoms. The lowest BCUT2D eigenvalue weighted by atomic mass is 10.2. The van der Waals surface area contributed by atoms with Gasteiger partial charge in [0, 0.05) is 36.4 Å². The molecular weight excluding hydrogens is 264 g/mol. The van der Waals surface area contributed by atoms with Crippen molar-refractivity contribution in [2.75, 3.05) is 6.54 Å². The summed E-state index contributed by atoms with van der Waals surface area (Å²) in [5, 5.41) is 4.00. The number of carbonyl (C=O) groups excluding carboxylic acids is 1. The van der Waals surface area contributed by atoms with Crippen LogP contribution in [0.2, 0.25) is 0 Å². The molecule has 1 amide bonds. The number of amides is 1. The van der Waals surface area contributed by atoms with Gasteiger partial charge in [0.1, 0.15) is 5.69 Å². The molecule has 3 rings (SSSR count). The number of rotatable bonds is 5. The number of hydrogen-bond acceptors (Lipinski definition) is 2. The van der Waals surface area contributed by atoms with Crippen molar-refractivity contribution in [1.82, 2.24) is 19.9 Å². The third-order valence-corrected chi connectivity index (χ3v) is 3.46. The Hall–Kier alpha value is -2.56. The second-order valence-electron chi connectivity index (χ2n) is 5.18. The predicted molar refractivity (Wildman–Crippen MR) is 82.2 cm³/mol. The number of aryl methyl sites for hydroxylation is 2. The minimum absolute atomic E-state index is 0.0607. The molecule has 108 valence electrons. The number of benzene rings is 1. The van der Waals surface area contributed by atoms with Gasteiger partial charge < -0.3 is 14.9 Å². The van der Waals surface area contributed by atoms with Crippen LogP contribution in [0, 0.1) is 6.92 Å². The van der Waals surface area contributed by atoms with Crippen LogP contribution in [0.3, 0.4) is 0 Å². The van der Waals surface area contributed by atoms with Crippen molar-refractivity contribution in [2.24, 2.45) is 0 Å². The maximum absolute atomic E-state index is 12.1. The number of aromatic nitrogens is 3. The maximum atomic E-state index is 12.1. The van der Waals surface area contributed by atoms with Crippen LogP contribution in [-0.2, 0) is 6.54 Å². The Morgan fingerprint density at radius 2 is 2.29 bits per heavy atom. The molecule has 2 aromatic heterocycles. The Balaban J connectivity index is 1.56. The molecule has 0 aliphatic carbocycles. The molecule has 5 nitrogen and oxygen atoms in total. The number of nitrogens with one attached hydrogen (secondary N) is 2. The number of imidazole rings is 1. The van der Waals surface area contributed by atoms with Gasteiger partial charge in [-0.25, -0.2) is 4.98 Å². The molecule has 0 radical (unpaired) electrons. The fourth-order valence-corrected chi connectivity index (χ4v) is 2.35. The van der Waals surface area contributed by atoms with Crippen LogP contribution in [0.4, 0.5) is 0 Å². The zero-order valence-corrected chi connectivity index (χ0v) is 12.0. The van der Waals surface area contributed by atoms with E-state index in [9.17, 15) is 4.79 Å². The number of fused-ring (bicyclic) bond motifs is 1. The average Bonchev–Trinajstić information content (AvgIpc) is 3.11. The standard InChI is InChI=1S/C16H18N4O/c1-12-3-4-14-13(9-12)10-15(19-14)16(21)18-5-2-7-20-8-6-17-11-20/h3-4,6,8-11,19H,2,5,7H2,1H3,(H,18,21). The van der Waals surface area contributed by atoms with Crippen molar-refractivity contribution < 1.29 is 4.79 Å². The molecule has 2 heterocycles. The van der Waals surface area contributed by atoms with E-state index in [1.54, 1.807) is 12.5 Å². The lowest BCUT2D eigenvalue weighted by Gasteiger charge is -2.04. The predicted octanol–water partition coefficient (Wildman–Crippen LogP) is 2.49. The maximum Gasteiger partial charge on any atom is 0.267 e. The summed E-state index contributed by atoms with van der Waals surface area (Å²) in [6.07, 6.45) is 6.33. The lowest BCUT2D eigenvalue weighted by Crippen LogP contribution is -2.25. The second kappa shape index (κ2) is 5.83. The molecule has 0 aliphatic rings. The summed E-state index contributed by atoms with van der Waals surface area (Å²) in [6.45, 7) is 3.54. The first-order valence-electron chi connectivity index (χ1n) is 7.06. The number of carbonyl (C=O) groups is 1. The van der Waals surface area contributed by atoms with Gasteiger partial charge >= 0.3 is 0 Å². The average molecular weight is 282 g/mol. The highest BCUT2D eigenvalue weighted by Crippen LogP contribution is 2.16. The van der Waals surface area contributed by atoms with Gasteiger partial charge in [-0.2, -0.15) is 0 Å². The van der Waals surface area contributed by atoms with E-state index >= 15 is 0 Å². The van der Waals surface area contributed by atoms with Crippen LogP contribution < -0.4 is 5.32 Å². The summed E-state index contributed by atoms with van der Waals surface area (Å²) in [5.74, 6) is -0.0607. The molecule has 0 unspecified atom stereocenters. The molecule has 0 saturated heterocycles. The molecule has 0 bridgehead atoms. The first-order valence-corrected chi connectivity index (χ1v) is 7.06. The quantitative estimate of drug-likeness (QED) is 0.706. The molecule has 0 aliphatic heterocycles. The number of aromatic amines is 1. The van der Waals surface area contributed by atoms with E-state index in [0.717, 1.165) is 23.9 Å². The third kappa shape index (κ3) is 3.13. The second-order valence-corrected chi connectivity index (χ2v) is 5.18. The lowest BCUT2D eigenvalue weighted by molar-refractivity contribution is 0.0948. The van der Waals surface area contributed by atoms with Crippen molar-refractivity contribution in [1.29, 1.82) is 0 Å². The van der Waals surface area contributed by atoms with Crippen molar-refractivity contribution in [3.8, 4) is 0 Å². The van der Waals surface area contributed by atoms with Crippen LogP contribution in [-0.4, -0.2) is 27.0 Å².